The van der Waals surface area contributed by atoms with Gasteiger partial charge < -0.3 is 4.90 Å². The first-order valence-corrected chi connectivity index (χ1v) is 9.72. The molecule has 2 aromatic rings. The van der Waals surface area contributed by atoms with Crippen LogP contribution in [0.3, 0.4) is 0 Å². The highest BCUT2D eigenvalue weighted by atomic mass is 16.2. The summed E-state index contributed by atoms with van der Waals surface area (Å²) in [5.41, 5.74) is 3.46. The molecule has 1 heterocycles. The average Bonchev–Trinajstić information content (AvgIpc) is 2.67. The Labute approximate surface area is 157 Å². The number of benzene rings is 2. The zero-order chi connectivity index (χ0) is 18.5. The van der Waals surface area contributed by atoms with Gasteiger partial charge in [0.25, 0.3) is 5.91 Å². The lowest BCUT2D eigenvalue weighted by molar-refractivity contribution is 0.0518. The van der Waals surface area contributed by atoms with Crippen LogP contribution in [0.1, 0.15) is 48.2 Å². The summed E-state index contributed by atoms with van der Waals surface area (Å²) in [7, 11) is 0. The second kappa shape index (κ2) is 8.50. The zero-order valence-corrected chi connectivity index (χ0v) is 16.2. The molecule has 3 heteroatoms. The number of carbonyl (C=O) groups excluding carboxylic acids is 1. The van der Waals surface area contributed by atoms with Crippen molar-refractivity contribution >= 4 is 5.91 Å². The summed E-state index contributed by atoms with van der Waals surface area (Å²) in [4.78, 5) is 17.3. The highest BCUT2D eigenvalue weighted by Gasteiger charge is 2.27. The van der Waals surface area contributed by atoms with Gasteiger partial charge in [-0.05, 0) is 42.5 Å². The predicted octanol–water partition coefficient (Wildman–Crippen LogP) is 4.20. The number of amides is 1. The van der Waals surface area contributed by atoms with Gasteiger partial charge >= 0.3 is 0 Å². The molecule has 0 spiro atoms. The fourth-order valence-corrected chi connectivity index (χ4v) is 3.62. The average molecular weight is 351 g/mol. The summed E-state index contributed by atoms with van der Waals surface area (Å²) in [6.07, 6.45) is 1.07. The molecule has 0 saturated carbocycles. The Morgan fingerprint density at radius 2 is 1.73 bits per heavy atom. The molecule has 1 saturated heterocycles. The monoisotopic (exact) mass is 350 g/mol. The minimum atomic E-state index is 0.162. The third-order valence-corrected chi connectivity index (χ3v) is 5.41. The van der Waals surface area contributed by atoms with Crippen LogP contribution >= 0.6 is 0 Å². The van der Waals surface area contributed by atoms with Crippen molar-refractivity contribution in [2.75, 3.05) is 26.2 Å². The lowest BCUT2D eigenvalue weighted by Crippen LogP contribution is -2.54. The summed E-state index contributed by atoms with van der Waals surface area (Å²) < 4.78 is 0. The van der Waals surface area contributed by atoms with Crippen LogP contribution in [0.25, 0.3) is 0 Å². The Hall–Kier alpha value is -2.13. The maximum Gasteiger partial charge on any atom is 0.253 e. The van der Waals surface area contributed by atoms with Gasteiger partial charge in [-0.3, -0.25) is 9.69 Å². The molecule has 26 heavy (non-hydrogen) atoms. The molecular formula is C23H30N2O. The number of hydrogen-bond acceptors (Lipinski definition) is 2. The van der Waals surface area contributed by atoms with Crippen LogP contribution in [0.4, 0.5) is 0 Å². The first-order chi connectivity index (χ1) is 12.5. The number of hydrogen-bond donors (Lipinski definition) is 0. The van der Waals surface area contributed by atoms with Crippen LogP contribution < -0.4 is 0 Å². The Kier molecular flexibility index (Phi) is 6.10. The smallest absolute Gasteiger partial charge is 0.253 e. The minimum Gasteiger partial charge on any atom is -0.336 e. The van der Waals surface area contributed by atoms with Gasteiger partial charge in [0.05, 0.1) is 0 Å². The van der Waals surface area contributed by atoms with Crippen molar-refractivity contribution in [1.29, 1.82) is 0 Å². The van der Waals surface area contributed by atoms with Gasteiger partial charge in [-0.2, -0.15) is 0 Å². The summed E-state index contributed by atoms with van der Waals surface area (Å²) in [6, 6.07) is 19.1. The van der Waals surface area contributed by atoms with E-state index in [1.807, 2.05) is 17.0 Å². The van der Waals surface area contributed by atoms with Crippen LogP contribution in [0, 0.1) is 0 Å². The van der Waals surface area contributed by atoms with Gasteiger partial charge in [0.15, 0.2) is 0 Å². The summed E-state index contributed by atoms with van der Waals surface area (Å²) >= 11 is 0. The fourth-order valence-electron chi connectivity index (χ4n) is 3.62. The van der Waals surface area contributed by atoms with E-state index in [0.29, 0.717) is 12.0 Å². The summed E-state index contributed by atoms with van der Waals surface area (Å²) in [5.74, 6) is 0.655. The van der Waals surface area contributed by atoms with Gasteiger partial charge in [0.2, 0.25) is 0 Å². The molecule has 0 radical (unpaired) electrons. The summed E-state index contributed by atoms with van der Waals surface area (Å²) in [6.45, 7) is 10.2. The maximum atomic E-state index is 12.8. The Balaban J connectivity index is 1.55. The molecular weight excluding hydrogens is 320 g/mol. The molecule has 1 amide bonds. The topological polar surface area (TPSA) is 23.6 Å². The molecule has 138 valence electrons. The third-order valence-electron chi connectivity index (χ3n) is 5.41. The quantitative estimate of drug-likeness (QED) is 0.807. The van der Waals surface area contributed by atoms with Gasteiger partial charge in [-0.1, -0.05) is 56.3 Å². The Morgan fingerprint density at radius 3 is 2.35 bits per heavy atom. The largest absolute Gasteiger partial charge is 0.336 e. The van der Waals surface area contributed by atoms with Crippen molar-refractivity contribution in [2.24, 2.45) is 0 Å². The zero-order valence-electron chi connectivity index (χ0n) is 16.2. The Morgan fingerprint density at radius 1 is 1.04 bits per heavy atom. The van der Waals surface area contributed by atoms with Gasteiger partial charge in [-0.25, -0.2) is 0 Å². The van der Waals surface area contributed by atoms with E-state index in [1.54, 1.807) is 0 Å². The van der Waals surface area contributed by atoms with Crippen molar-refractivity contribution in [2.45, 2.75) is 39.2 Å². The minimum absolute atomic E-state index is 0.162. The third kappa shape index (κ3) is 4.53. The second-order valence-corrected chi connectivity index (χ2v) is 7.65. The molecule has 0 aromatic heterocycles. The second-order valence-electron chi connectivity index (χ2n) is 7.65. The highest BCUT2D eigenvalue weighted by molar-refractivity contribution is 5.94. The normalized spacial score (nSPS) is 18.3. The van der Waals surface area contributed by atoms with Crippen molar-refractivity contribution < 1.29 is 4.79 Å². The van der Waals surface area contributed by atoms with E-state index in [4.69, 9.17) is 0 Å². The van der Waals surface area contributed by atoms with Crippen LogP contribution in [0.5, 0.6) is 0 Å². The van der Waals surface area contributed by atoms with Crippen LogP contribution in [0.2, 0.25) is 0 Å². The molecule has 1 aliphatic rings. The molecule has 0 N–H and O–H groups in total. The molecule has 1 atom stereocenters. The van der Waals surface area contributed by atoms with Crippen molar-refractivity contribution in [1.82, 2.24) is 9.80 Å². The van der Waals surface area contributed by atoms with E-state index >= 15 is 0 Å². The Bertz CT molecular complexity index is 709. The van der Waals surface area contributed by atoms with E-state index < -0.39 is 0 Å². The van der Waals surface area contributed by atoms with E-state index in [2.05, 4.69) is 68.1 Å². The number of piperazine rings is 1. The molecule has 1 aliphatic heterocycles. The molecule has 0 bridgehead atoms. The first-order valence-electron chi connectivity index (χ1n) is 9.72. The van der Waals surface area contributed by atoms with Crippen molar-refractivity contribution in [3.8, 4) is 0 Å². The van der Waals surface area contributed by atoms with Gasteiger partial charge in [-0.15, -0.1) is 0 Å². The standard InChI is InChI=1S/C23H30N2O/c1-18(2)21-9-11-22(12-10-21)23(26)25-16-15-24(19(3)17-25)14-13-20-7-5-4-6-8-20/h4-12,18-19H,13-17H2,1-3H3. The highest BCUT2D eigenvalue weighted by Crippen LogP contribution is 2.18. The molecule has 0 aliphatic carbocycles. The SMILES string of the molecule is CC(C)c1ccc(C(=O)N2CCN(CCc3ccccc3)C(C)C2)cc1. The summed E-state index contributed by atoms with van der Waals surface area (Å²) in [5, 5.41) is 0. The van der Waals surface area contributed by atoms with E-state index in [9.17, 15) is 4.79 Å². The molecule has 1 fully saturated rings. The number of nitrogens with zero attached hydrogens (tertiary/aromatic N) is 2. The van der Waals surface area contributed by atoms with Crippen LogP contribution in [0.15, 0.2) is 54.6 Å². The van der Waals surface area contributed by atoms with E-state index in [-0.39, 0.29) is 5.91 Å². The van der Waals surface area contributed by atoms with Gasteiger partial charge in [0, 0.05) is 37.8 Å². The maximum absolute atomic E-state index is 12.8. The lowest BCUT2D eigenvalue weighted by atomic mass is 10.0. The number of carbonyl (C=O) groups is 1. The molecule has 1 unspecified atom stereocenters. The number of rotatable bonds is 5. The fraction of sp³-hybridized carbons (Fsp3) is 0.435. The molecule has 3 rings (SSSR count). The van der Waals surface area contributed by atoms with Crippen molar-refractivity contribution in [3.63, 3.8) is 0 Å². The van der Waals surface area contributed by atoms with Crippen LogP contribution in [-0.2, 0) is 6.42 Å². The van der Waals surface area contributed by atoms with E-state index in [1.165, 1.54) is 11.1 Å². The predicted molar refractivity (Wildman–Crippen MR) is 108 cm³/mol. The van der Waals surface area contributed by atoms with E-state index in [0.717, 1.165) is 38.2 Å². The molecule has 2 aromatic carbocycles. The van der Waals surface area contributed by atoms with Crippen LogP contribution in [-0.4, -0.2) is 47.9 Å². The first kappa shape index (κ1) is 18.7. The lowest BCUT2D eigenvalue weighted by Gasteiger charge is -2.40. The molecule has 3 nitrogen and oxygen atoms in total. The van der Waals surface area contributed by atoms with Gasteiger partial charge in [0.1, 0.15) is 0 Å². The van der Waals surface area contributed by atoms with Crippen molar-refractivity contribution in [3.05, 3.63) is 71.3 Å².